The van der Waals surface area contributed by atoms with Crippen LogP contribution in [0, 0.1) is 0 Å². The molecule has 12 heavy (non-hydrogen) atoms. The second-order valence-electron chi connectivity index (χ2n) is 3.67. The fourth-order valence-corrected chi connectivity index (χ4v) is 1.57. The molecule has 0 atom stereocenters. The first-order chi connectivity index (χ1) is 5.74. The minimum absolute atomic E-state index is 0.299. The summed E-state index contributed by atoms with van der Waals surface area (Å²) < 4.78 is 0. The first-order valence-corrected chi connectivity index (χ1v) is 4.77. The minimum atomic E-state index is 0.299. The van der Waals surface area contributed by atoms with Gasteiger partial charge in [0.25, 0.3) is 0 Å². The average molecular weight is 169 g/mol. The molecule has 70 valence electrons. The highest BCUT2D eigenvalue weighted by Gasteiger charge is 2.12. The number of nitrogens with zero attached hydrogens (tertiary/aromatic N) is 1. The average Bonchev–Trinajstić information content (AvgIpc) is 2.06. The van der Waals surface area contributed by atoms with Crippen LogP contribution in [0.2, 0.25) is 0 Å². The van der Waals surface area contributed by atoms with Crippen LogP contribution >= 0.6 is 0 Å². The minimum Gasteiger partial charge on any atom is -0.396 e. The van der Waals surface area contributed by atoms with Crippen LogP contribution in [0.5, 0.6) is 0 Å². The summed E-state index contributed by atoms with van der Waals surface area (Å²) in [6.07, 6.45) is 4.27. The Kier molecular flexibility index (Phi) is 3.76. The Morgan fingerprint density at radius 2 is 2.33 bits per heavy atom. The lowest BCUT2D eigenvalue weighted by Gasteiger charge is -2.29. The summed E-state index contributed by atoms with van der Waals surface area (Å²) in [5, 5.41) is 8.74. The second-order valence-corrected chi connectivity index (χ2v) is 3.67. The van der Waals surface area contributed by atoms with Gasteiger partial charge >= 0.3 is 0 Å². The van der Waals surface area contributed by atoms with Crippen molar-refractivity contribution >= 4 is 0 Å². The summed E-state index contributed by atoms with van der Waals surface area (Å²) in [5.41, 5.74) is 1.43. The van der Waals surface area contributed by atoms with Gasteiger partial charge in [-0.3, -0.25) is 4.90 Å². The number of hydrogen-bond acceptors (Lipinski definition) is 2. The molecule has 0 aromatic carbocycles. The van der Waals surface area contributed by atoms with Crippen molar-refractivity contribution in [1.82, 2.24) is 4.90 Å². The zero-order valence-corrected chi connectivity index (χ0v) is 8.08. The Bertz CT molecular complexity index is 163. The van der Waals surface area contributed by atoms with Gasteiger partial charge in [0.1, 0.15) is 0 Å². The zero-order valence-electron chi connectivity index (χ0n) is 8.08. The third-order valence-corrected chi connectivity index (χ3v) is 2.50. The summed E-state index contributed by atoms with van der Waals surface area (Å²) in [6, 6.07) is 0.650. The topological polar surface area (TPSA) is 23.5 Å². The second kappa shape index (κ2) is 4.63. The van der Waals surface area contributed by atoms with E-state index in [9.17, 15) is 0 Å². The number of aliphatic hydroxyl groups excluding tert-OH is 1. The van der Waals surface area contributed by atoms with E-state index < -0.39 is 0 Å². The molecule has 1 rings (SSSR count). The van der Waals surface area contributed by atoms with Gasteiger partial charge in [-0.1, -0.05) is 11.6 Å². The van der Waals surface area contributed by atoms with Crippen molar-refractivity contribution < 1.29 is 5.11 Å². The highest BCUT2D eigenvalue weighted by molar-refractivity contribution is 5.07. The van der Waals surface area contributed by atoms with Crippen molar-refractivity contribution in [3.8, 4) is 0 Å². The van der Waals surface area contributed by atoms with Crippen LogP contribution in [-0.4, -0.2) is 35.7 Å². The van der Waals surface area contributed by atoms with Crippen molar-refractivity contribution in [1.29, 1.82) is 0 Å². The molecule has 1 heterocycles. The molecule has 2 nitrogen and oxygen atoms in total. The molecule has 0 bridgehead atoms. The van der Waals surface area contributed by atoms with E-state index in [1.54, 1.807) is 0 Å². The molecular formula is C10H19NO. The molecule has 0 fully saturated rings. The highest BCUT2D eigenvalue weighted by atomic mass is 16.2. The van der Waals surface area contributed by atoms with Crippen LogP contribution in [0.3, 0.4) is 0 Å². The lowest BCUT2D eigenvalue weighted by Crippen LogP contribution is -2.34. The molecule has 0 aromatic rings. The monoisotopic (exact) mass is 169 g/mol. The summed E-state index contributed by atoms with van der Waals surface area (Å²) >= 11 is 0. The molecule has 0 saturated heterocycles. The SMILES string of the molecule is CC(C)N1CC=C(CCO)CC1. The zero-order chi connectivity index (χ0) is 8.97. The van der Waals surface area contributed by atoms with Crippen molar-refractivity contribution in [2.24, 2.45) is 0 Å². The lowest BCUT2D eigenvalue weighted by molar-refractivity contribution is 0.233. The van der Waals surface area contributed by atoms with Crippen LogP contribution in [0.1, 0.15) is 26.7 Å². The standard InChI is InChI=1S/C10H19NO/c1-9(2)11-6-3-10(4-7-11)5-8-12/h3,9,12H,4-8H2,1-2H3. The third kappa shape index (κ3) is 2.61. The molecule has 0 aliphatic carbocycles. The van der Waals surface area contributed by atoms with Crippen molar-refractivity contribution in [2.45, 2.75) is 32.7 Å². The van der Waals surface area contributed by atoms with E-state index in [1.807, 2.05) is 0 Å². The van der Waals surface area contributed by atoms with Crippen molar-refractivity contribution in [3.05, 3.63) is 11.6 Å². The molecule has 0 spiro atoms. The summed E-state index contributed by atoms with van der Waals surface area (Å²) in [5.74, 6) is 0. The number of hydrogen-bond donors (Lipinski definition) is 1. The predicted octanol–water partition coefficient (Wildman–Crippen LogP) is 1.41. The Balaban J connectivity index is 2.36. The van der Waals surface area contributed by atoms with Crippen LogP contribution in [-0.2, 0) is 0 Å². The number of aliphatic hydroxyl groups is 1. The van der Waals surface area contributed by atoms with Gasteiger partial charge in [-0.05, 0) is 26.7 Å². The number of rotatable bonds is 3. The third-order valence-electron chi connectivity index (χ3n) is 2.50. The fraction of sp³-hybridized carbons (Fsp3) is 0.800. The molecule has 0 radical (unpaired) electrons. The first-order valence-electron chi connectivity index (χ1n) is 4.77. The van der Waals surface area contributed by atoms with Gasteiger partial charge in [-0.15, -0.1) is 0 Å². The lowest BCUT2D eigenvalue weighted by atomic mass is 10.0. The van der Waals surface area contributed by atoms with E-state index in [0.29, 0.717) is 12.6 Å². The smallest absolute Gasteiger partial charge is 0.0468 e. The maximum Gasteiger partial charge on any atom is 0.0468 e. The largest absolute Gasteiger partial charge is 0.396 e. The van der Waals surface area contributed by atoms with Gasteiger partial charge in [0, 0.05) is 25.7 Å². The van der Waals surface area contributed by atoms with Gasteiger partial charge in [-0.25, -0.2) is 0 Å². The van der Waals surface area contributed by atoms with Crippen molar-refractivity contribution in [3.63, 3.8) is 0 Å². The van der Waals surface area contributed by atoms with Crippen LogP contribution in [0.15, 0.2) is 11.6 Å². The van der Waals surface area contributed by atoms with Crippen LogP contribution in [0.4, 0.5) is 0 Å². The van der Waals surface area contributed by atoms with Gasteiger partial charge in [0.15, 0.2) is 0 Å². The Morgan fingerprint density at radius 3 is 2.75 bits per heavy atom. The van der Waals surface area contributed by atoms with E-state index in [0.717, 1.165) is 25.9 Å². The normalized spacial score (nSPS) is 19.8. The predicted molar refractivity (Wildman–Crippen MR) is 51.1 cm³/mol. The maximum absolute atomic E-state index is 8.74. The molecule has 1 aliphatic heterocycles. The van der Waals surface area contributed by atoms with Crippen LogP contribution < -0.4 is 0 Å². The van der Waals surface area contributed by atoms with Gasteiger partial charge in [0.05, 0.1) is 0 Å². The molecule has 1 aliphatic rings. The Labute approximate surface area is 74.9 Å². The molecule has 0 amide bonds. The Hall–Kier alpha value is -0.340. The molecule has 0 unspecified atom stereocenters. The van der Waals surface area contributed by atoms with Crippen molar-refractivity contribution in [2.75, 3.05) is 19.7 Å². The quantitative estimate of drug-likeness (QED) is 0.646. The molecular weight excluding hydrogens is 150 g/mol. The van der Waals surface area contributed by atoms with E-state index >= 15 is 0 Å². The fourth-order valence-electron chi connectivity index (χ4n) is 1.57. The maximum atomic E-state index is 8.74. The van der Waals surface area contributed by atoms with Gasteiger partial charge in [0.2, 0.25) is 0 Å². The summed E-state index contributed by atoms with van der Waals surface area (Å²) in [4.78, 5) is 2.45. The van der Waals surface area contributed by atoms with Gasteiger partial charge in [-0.2, -0.15) is 0 Å². The molecule has 0 saturated carbocycles. The van der Waals surface area contributed by atoms with Gasteiger partial charge < -0.3 is 5.11 Å². The highest BCUT2D eigenvalue weighted by Crippen LogP contribution is 2.15. The summed E-state index contributed by atoms with van der Waals surface area (Å²) in [7, 11) is 0. The van der Waals surface area contributed by atoms with E-state index in [2.05, 4.69) is 24.8 Å². The van der Waals surface area contributed by atoms with Crippen LogP contribution in [0.25, 0.3) is 0 Å². The molecule has 0 aromatic heterocycles. The summed E-state index contributed by atoms with van der Waals surface area (Å²) in [6.45, 7) is 6.97. The molecule has 1 N–H and O–H groups in total. The Morgan fingerprint density at radius 1 is 1.58 bits per heavy atom. The first kappa shape index (κ1) is 9.75. The van der Waals surface area contributed by atoms with E-state index in [1.165, 1.54) is 5.57 Å². The van der Waals surface area contributed by atoms with E-state index in [4.69, 9.17) is 5.11 Å². The van der Waals surface area contributed by atoms with E-state index in [-0.39, 0.29) is 0 Å². The molecule has 2 heteroatoms.